The summed E-state index contributed by atoms with van der Waals surface area (Å²) in [6.45, 7) is 8.45. The molecule has 0 spiro atoms. The Bertz CT molecular complexity index is 253. The molecule has 1 N–H and O–H groups in total. The zero-order valence-electron chi connectivity index (χ0n) is 13.6. The van der Waals surface area contributed by atoms with E-state index in [9.17, 15) is 0 Å². The van der Waals surface area contributed by atoms with Gasteiger partial charge in [-0.05, 0) is 49.7 Å². The average Bonchev–Trinajstić information content (AvgIpc) is 2.52. The van der Waals surface area contributed by atoms with Gasteiger partial charge in [0.15, 0.2) is 0 Å². The van der Waals surface area contributed by atoms with Gasteiger partial charge in [-0.2, -0.15) is 11.8 Å². The molecule has 3 heteroatoms. The molecule has 2 rings (SSSR count). The molecule has 20 heavy (non-hydrogen) atoms. The van der Waals surface area contributed by atoms with E-state index in [1.165, 1.54) is 76.1 Å². The second-order valence-electron chi connectivity index (χ2n) is 6.52. The third-order valence-corrected chi connectivity index (χ3v) is 6.15. The molecule has 2 fully saturated rings. The Balaban J connectivity index is 1.85. The maximum Gasteiger partial charge on any atom is 0.0249 e. The van der Waals surface area contributed by atoms with Crippen molar-refractivity contribution in [1.29, 1.82) is 0 Å². The van der Waals surface area contributed by atoms with Crippen LogP contribution in [0.2, 0.25) is 0 Å². The first-order valence-electron chi connectivity index (χ1n) is 8.90. The van der Waals surface area contributed by atoms with Crippen molar-refractivity contribution in [2.45, 2.75) is 70.9 Å². The number of rotatable bonds is 7. The molecule has 1 aliphatic heterocycles. The third-order valence-electron chi connectivity index (χ3n) is 5.16. The van der Waals surface area contributed by atoms with Crippen molar-refractivity contribution in [2.24, 2.45) is 5.92 Å². The van der Waals surface area contributed by atoms with Gasteiger partial charge in [-0.25, -0.2) is 0 Å². The van der Waals surface area contributed by atoms with Crippen LogP contribution in [0.25, 0.3) is 0 Å². The highest BCUT2D eigenvalue weighted by molar-refractivity contribution is 7.99. The standard InChI is InChI=1S/C17H34N2S/c1-3-16-14-19(11-8-12-20-4-2)17(13-18-16)15-9-6-5-7-10-15/h15-18H,3-14H2,1-2H3. The van der Waals surface area contributed by atoms with Crippen LogP contribution in [0.1, 0.15) is 58.8 Å². The molecule has 0 aromatic carbocycles. The van der Waals surface area contributed by atoms with Crippen LogP contribution in [-0.4, -0.2) is 48.1 Å². The molecule has 1 aliphatic carbocycles. The largest absolute Gasteiger partial charge is 0.311 e. The van der Waals surface area contributed by atoms with E-state index in [1.54, 1.807) is 0 Å². The molecule has 1 heterocycles. The Morgan fingerprint density at radius 1 is 1.15 bits per heavy atom. The van der Waals surface area contributed by atoms with Gasteiger partial charge in [-0.3, -0.25) is 4.90 Å². The van der Waals surface area contributed by atoms with Gasteiger partial charge < -0.3 is 5.32 Å². The number of piperazine rings is 1. The highest BCUT2D eigenvalue weighted by Crippen LogP contribution is 2.30. The quantitative estimate of drug-likeness (QED) is 0.720. The van der Waals surface area contributed by atoms with E-state index in [0.29, 0.717) is 0 Å². The summed E-state index contributed by atoms with van der Waals surface area (Å²) in [5.41, 5.74) is 0. The molecule has 1 saturated carbocycles. The number of hydrogen-bond donors (Lipinski definition) is 1. The molecule has 0 radical (unpaired) electrons. The van der Waals surface area contributed by atoms with E-state index in [0.717, 1.165) is 18.0 Å². The van der Waals surface area contributed by atoms with Gasteiger partial charge in [0, 0.05) is 25.2 Å². The summed E-state index contributed by atoms with van der Waals surface area (Å²) in [6.07, 6.45) is 10.0. The number of thioether (sulfide) groups is 1. The van der Waals surface area contributed by atoms with Crippen LogP contribution in [0.4, 0.5) is 0 Å². The Morgan fingerprint density at radius 2 is 1.95 bits per heavy atom. The van der Waals surface area contributed by atoms with Gasteiger partial charge in [-0.1, -0.05) is 33.1 Å². The van der Waals surface area contributed by atoms with E-state index in [-0.39, 0.29) is 0 Å². The smallest absolute Gasteiger partial charge is 0.0249 e. The first-order chi connectivity index (χ1) is 9.85. The van der Waals surface area contributed by atoms with Gasteiger partial charge in [0.05, 0.1) is 0 Å². The van der Waals surface area contributed by atoms with Crippen LogP contribution in [0, 0.1) is 5.92 Å². The molecule has 2 aliphatic rings. The Hall–Kier alpha value is 0.270. The van der Waals surface area contributed by atoms with Crippen molar-refractivity contribution in [3.8, 4) is 0 Å². The summed E-state index contributed by atoms with van der Waals surface area (Å²) < 4.78 is 0. The Kier molecular flexibility index (Phi) is 7.75. The van der Waals surface area contributed by atoms with Crippen LogP contribution < -0.4 is 5.32 Å². The van der Waals surface area contributed by atoms with E-state index < -0.39 is 0 Å². The normalized spacial score (nSPS) is 29.7. The summed E-state index contributed by atoms with van der Waals surface area (Å²) in [5.74, 6) is 3.58. The first kappa shape index (κ1) is 16.6. The third kappa shape index (κ3) is 4.92. The van der Waals surface area contributed by atoms with Crippen LogP contribution in [0.3, 0.4) is 0 Å². The molecule has 0 aromatic rings. The Morgan fingerprint density at radius 3 is 2.65 bits per heavy atom. The Labute approximate surface area is 130 Å². The molecule has 1 saturated heterocycles. The summed E-state index contributed by atoms with van der Waals surface area (Å²) in [4.78, 5) is 2.84. The van der Waals surface area contributed by atoms with Crippen molar-refractivity contribution in [2.75, 3.05) is 31.1 Å². The summed E-state index contributed by atoms with van der Waals surface area (Å²) >= 11 is 2.10. The highest BCUT2D eigenvalue weighted by atomic mass is 32.2. The predicted molar refractivity (Wildman–Crippen MR) is 91.6 cm³/mol. The lowest BCUT2D eigenvalue weighted by molar-refractivity contribution is 0.0713. The van der Waals surface area contributed by atoms with Crippen molar-refractivity contribution in [3.05, 3.63) is 0 Å². The van der Waals surface area contributed by atoms with E-state index >= 15 is 0 Å². The van der Waals surface area contributed by atoms with Crippen LogP contribution >= 0.6 is 11.8 Å². The highest BCUT2D eigenvalue weighted by Gasteiger charge is 2.32. The molecule has 2 atom stereocenters. The minimum atomic E-state index is 0.730. The number of hydrogen-bond acceptors (Lipinski definition) is 3. The fourth-order valence-electron chi connectivity index (χ4n) is 3.93. The first-order valence-corrected chi connectivity index (χ1v) is 10.1. The fourth-order valence-corrected chi connectivity index (χ4v) is 4.55. The fraction of sp³-hybridized carbons (Fsp3) is 1.00. The van der Waals surface area contributed by atoms with Crippen molar-refractivity contribution in [3.63, 3.8) is 0 Å². The zero-order valence-corrected chi connectivity index (χ0v) is 14.4. The predicted octanol–water partition coefficient (Wildman–Crippen LogP) is 3.76. The topological polar surface area (TPSA) is 15.3 Å². The van der Waals surface area contributed by atoms with Crippen LogP contribution in [-0.2, 0) is 0 Å². The lowest BCUT2D eigenvalue weighted by atomic mass is 9.82. The van der Waals surface area contributed by atoms with Gasteiger partial charge >= 0.3 is 0 Å². The molecule has 2 nitrogen and oxygen atoms in total. The van der Waals surface area contributed by atoms with Gasteiger partial charge in [0.25, 0.3) is 0 Å². The van der Waals surface area contributed by atoms with Crippen molar-refractivity contribution in [1.82, 2.24) is 10.2 Å². The second-order valence-corrected chi connectivity index (χ2v) is 7.92. The van der Waals surface area contributed by atoms with Gasteiger partial charge in [-0.15, -0.1) is 0 Å². The van der Waals surface area contributed by atoms with E-state index in [2.05, 4.69) is 35.8 Å². The van der Waals surface area contributed by atoms with E-state index in [1.807, 2.05) is 0 Å². The van der Waals surface area contributed by atoms with Crippen LogP contribution in [0.15, 0.2) is 0 Å². The number of nitrogens with one attached hydrogen (secondary N) is 1. The molecule has 0 amide bonds. The molecule has 0 bridgehead atoms. The molecule has 2 unspecified atom stereocenters. The van der Waals surface area contributed by atoms with Crippen LogP contribution in [0.5, 0.6) is 0 Å². The van der Waals surface area contributed by atoms with Crippen molar-refractivity contribution < 1.29 is 0 Å². The van der Waals surface area contributed by atoms with Crippen molar-refractivity contribution >= 4 is 11.8 Å². The minimum absolute atomic E-state index is 0.730. The molecular weight excluding hydrogens is 264 g/mol. The SMILES string of the molecule is CCSCCCN1CC(CC)NCC1C1CCCCC1. The molecule has 118 valence electrons. The summed E-state index contributed by atoms with van der Waals surface area (Å²) in [5, 5.41) is 3.80. The second kappa shape index (κ2) is 9.32. The van der Waals surface area contributed by atoms with E-state index in [4.69, 9.17) is 0 Å². The maximum atomic E-state index is 3.80. The molecular formula is C17H34N2S. The number of nitrogens with zero attached hydrogens (tertiary/aromatic N) is 1. The summed E-state index contributed by atoms with van der Waals surface area (Å²) in [7, 11) is 0. The minimum Gasteiger partial charge on any atom is -0.311 e. The average molecular weight is 299 g/mol. The van der Waals surface area contributed by atoms with Gasteiger partial charge in [0.2, 0.25) is 0 Å². The zero-order chi connectivity index (χ0) is 14.2. The van der Waals surface area contributed by atoms with Gasteiger partial charge in [0.1, 0.15) is 0 Å². The maximum absolute atomic E-state index is 3.80. The summed E-state index contributed by atoms with van der Waals surface area (Å²) in [6, 6.07) is 1.55. The monoisotopic (exact) mass is 298 g/mol. The molecule has 0 aromatic heterocycles. The lowest BCUT2D eigenvalue weighted by Gasteiger charge is -2.45. The lowest BCUT2D eigenvalue weighted by Crippen LogP contribution is -2.59.